The number of ketones is 1. The molecular formula is C11H10Cl2O3S. The van der Waals surface area contributed by atoms with Gasteiger partial charge in [-0.05, 0) is 19.1 Å². The number of carbonyl (C=O) groups excluding carboxylic acids is 1. The Morgan fingerprint density at radius 3 is 2.24 bits per heavy atom. The molecule has 0 spiro atoms. The number of sulfone groups is 1. The maximum Gasteiger partial charge on any atom is 0.183 e. The predicted octanol–water partition coefficient (Wildman–Crippen LogP) is 2.99. The largest absolute Gasteiger partial charge is 0.294 e. The Kier molecular flexibility index (Phi) is 3.00. The monoisotopic (exact) mass is 292 g/mol. The Balaban J connectivity index is 2.92. The first kappa shape index (κ1) is 12.9. The molecule has 0 saturated heterocycles. The summed E-state index contributed by atoms with van der Waals surface area (Å²) in [5, 5.41) is -0.591. The van der Waals surface area contributed by atoms with Gasteiger partial charge in [0, 0.05) is 5.92 Å². The molecule has 1 aliphatic heterocycles. The Labute approximate surface area is 110 Å². The smallest absolute Gasteiger partial charge is 0.183 e. The lowest BCUT2D eigenvalue weighted by atomic mass is 9.96. The van der Waals surface area contributed by atoms with E-state index in [-0.39, 0.29) is 26.3 Å². The number of halogens is 2. The van der Waals surface area contributed by atoms with E-state index in [0.717, 1.165) is 0 Å². The molecule has 1 heterocycles. The Morgan fingerprint density at radius 2 is 1.65 bits per heavy atom. The number of rotatable bonds is 0. The summed E-state index contributed by atoms with van der Waals surface area (Å²) in [5.41, 5.74) is 0.0322. The van der Waals surface area contributed by atoms with E-state index in [9.17, 15) is 13.2 Å². The number of carbonyl (C=O) groups is 1. The van der Waals surface area contributed by atoms with Gasteiger partial charge in [-0.2, -0.15) is 0 Å². The molecule has 17 heavy (non-hydrogen) atoms. The highest BCUT2D eigenvalue weighted by molar-refractivity contribution is 7.92. The van der Waals surface area contributed by atoms with E-state index in [1.54, 1.807) is 6.92 Å². The minimum Gasteiger partial charge on any atom is -0.294 e. The van der Waals surface area contributed by atoms with E-state index in [1.165, 1.54) is 19.1 Å². The van der Waals surface area contributed by atoms with Crippen LogP contribution in [0.5, 0.6) is 0 Å². The van der Waals surface area contributed by atoms with Crippen molar-refractivity contribution in [2.24, 2.45) is 5.92 Å². The van der Waals surface area contributed by atoms with E-state index < -0.39 is 21.0 Å². The molecule has 2 atom stereocenters. The molecule has 0 radical (unpaired) electrons. The molecule has 0 aliphatic carbocycles. The molecule has 2 unspecified atom stereocenters. The molecule has 0 N–H and O–H groups in total. The minimum absolute atomic E-state index is 0.0322. The molecule has 92 valence electrons. The lowest BCUT2D eigenvalue weighted by Crippen LogP contribution is -2.37. The minimum atomic E-state index is -3.59. The van der Waals surface area contributed by atoms with Gasteiger partial charge in [-0.1, -0.05) is 30.1 Å². The fourth-order valence-electron chi connectivity index (χ4n) is 1.94. The molecular weight excluding hydrogens is 283 g/mol. The standard InChI is InChI=1S/C11H10Cl2O3S/c1-5-6(2)17(15,16)11-8(13)4-3-7(12)9(11)10(5)14/h3-6H,1-2H3. The van der Waals surface area contributed by atoms with Crippen LogP contribution in [0, 0.1) is 5.92 Å². The molecule has 1 aromatic carbocycles. The summed E-state index contributed by atoms with van der Waals surface area (Å²) in [7, 11) is -3.59. The quantitative estimate of drug-likeness (QED) is 0.739. The number of hydrogen-bond acceptors (Lipinski definition) is 3. The van der Waals surface area contributed by atoms with Crippen LogP contribution in [0.4, 0.5) is 0 Å². The van der Waals surface area contributed by atoms with Crippen molar-refractivity contribution in [3.63, 3.8) is 0 Å². The van der Waals surface area contributed by atoms with E-state index in [2.05, 4.69) is 0 Å². The molecule has 2 rings (SSSR count). The SMILES string of the molecule is CC1C(=O)c2c(Cl)ccc(Cl)c2S(=O)(=O)C1C. The van der Waals surface area contributed by atoms with Crippen molar-refractivity contribution in [3.8, 4) is 0 Å². The van der Waals surface area contributed by atoms with Crippen molar-refractivity contribution in [1.82, 2.24) is 0 Å². The normalized spacial score (nSPS) is 26.7. The van der Waals surface area contributed by atoms with Crippen LogP contribution >= 0.6 is 23.2 Å². The summed E-state index contributed by atoms with van der Waals surface area (Å²) >= 11 is 11.8. The van der Waals surface area contributed by atoms with Crippen LogP contribution in [-0.4, -0.2) is 19.5 Å². The van der Waals surface area contributed by atoms with Crippen LogP contribution in [0.25, 0.3) is 0 Å². The van der Waals surface area contributed by atoms with Gasteiger partial charge in [0.15, 0.2) is 15.6 Å². The van der Waals surface area contributed by atoms with E-state index in [1.807, 2.05) is 0 Å². The van der Waals surface area contributed by atoms with Crippen molar-refractivity contribution in [2.75, 3.05) is 0 Å². The highest BCUT2D eigenvalue weighted by Crippen LogP contribution is 2.40. The first-order valence-corrected chi connectivity index (χ1v) is 7.34. The van der Waals surface area contributed by atoms with Gasteiger partial charge in [0.25, 0.3) is 0 Å². The molecule has 0 bridgehead atoms. The van der Waals surface area contributed by atoms with Crippen molar-refractivity contribution in [2.45, 2.75) is 24.0 Å². The second-order valence-electron chi connectivity index (χ2n) is 4.14. The number of benzene rings is 1. The van der Waals surface area contributed by atoms with Gasteiger partial charge in [-0.15, -0.1) is 0 Å². The Bertz CT molecular complexity index is 607. The summed E-state index contributed by atoms with van der Waals surface area (Å²) in [5.74, 6) is -0.877. The topological polar surface area (TPSA) is 51.2 Å². The number of Topliss-reactive ketones (excluding diaryl/α,β-unsaturated/α-hetero) is 1. The summed E-state index contributed by atoms with van der Waals surface area (Å²) in [6, 6.07) is 2.84. The summed E-state index contributed by atoms with van der Waals surface area (Å²) in [6.07, 6.45) is 0. The second-order valence-corrected chi connectivity index (χ2v) is 7.19. The van der Waals surface area contributed by atoms with Crippen LogP contribution in [0.1, 0.15) is 24.2 Å². The maximum absolute atomic E-state index is 12.2. The molecule has 1 aromatic rings. The fraction of sp³-hybridized carbons (Fsp3) is 0.364. The van der Waals surface area contributed by atoms with Crippen molar-refractivity contribution in [3.05, 3.63) is 27.7 Å². The van der Waals surface area contributed by atoms with Gasteiger partial charge in [-0.25, -0.2) is 8.42 Å². The fourth-order valence-corrected chi connectivity index (χ4v) is 4.59. The van der Waals surface area contributed by atoms with E-state index >= 15 is 0 Å². The Morgan fingerprint density at radius 1 is 1.12 bits per heavy atom. The van der Waals surface area contributed by atoms with Gasteiger partial charge in [0.1, 0.15) is 0 Å². The number of fused-ring (bicyclic) bond motifs is 1. The molecule has 0 amide bonds. The van der Waals surface area contributed by atoms with Crippen LogP contribution in [-0.2, 0) is 9.84 Å². The van der Waals surface area contributed by atoms with Crippen molar-refractivity contribution < 1.29 is 13.2 Å². The number of hydrogen-bond donors (Lipinski definition) is 0. The molecule has 1 aliphatic rings. The molecule has 0 saturated carbocycles. The van der Waals surface area contributed by atoms with Crippen LogP contribution in [0.3, 0.4) is 0 Å². The second kappa shape index (κ2) is 3.97. The highest BCUT2D eigenvalue weighted by atomic mass is 35.5. The van der Waals surface area contributed by atoms with E-state index in [0.29, 0.717) is 0 Å². The van der Waals surface area contributed by atoms with Gasteiger partial charge in [0.2, 0.25) is 0 Å². The molecule has 0 aromatic heterocycles. The lowest BCUT2D eigenvalue weighted by molar-refractivity contribution is 0.0920. The maximum atomic E-state index is 12.2. The first-order valence-electron chi connectivity index (χ1n) is 5.04. The average molecular weight is 293 g/mol. The van der Waals surface area contributed by atoms with Crippen LogP contribution in [0.2, 0.25) is 10.0 Å². The molecule has 3 nitrogen and oxygen atoms in total. The van der Waals surface area contributed by atoms with E-state index in [4.69, 9.17) is 23.2 Å². The third-order valence-electron chi connectivity index (χ3n) is 3.20. The van der Waals surface area contributed by atoms with Gasteiger partial charge in [-0.3, -0.25) is 4.79 Å². The molecule has 0 fully saturated rings. The van der Waals surface area contributed by atoms with Crippen molar-refractivity contribution in [1.29, 1.82) is 0 Å². The first-order chi connectivity index (χ1) is 7.78. The van der Waals surface area contributed by atoms with Crippen LogP contribution in [0.15, 0.2) is 17.0 Å². The summed E-state index contributed by atoms with van der Waals surface area (Å²) in [4.78, 5) is 12.0. The zero-order chi connectivity index (χ0) is 13.0. The highest BCUT2D eigenvalue weighted by Gasteiger charge is 2.43. The summed E-state index contributed by atoms with van der Waals surface area (Å²) < 4.78 is 24.5. The lowest BCUT2D eigenvalue weighted by Gasteiger charge is -2.27. The predicted molar refractivity (Wildman–Crippen MR) is 66.6 cm³/mol. The third kappa shape index (κ3) is 1.70. The van der Waals surface area contributed by atoms with Gasteiger partial charge >= 0.3 is 0 Å². The zero-order valence-electron chi connectivity index (χ0n) is 9.20. The summed E-state index contributed by atoms with van der Waals surface area (Å²) in [6.45, 7) is 3.10. The van der Waals surface area contributed by atoms with Crippen LogP contribution < -0.4 is 0 Å². The van der Waals surface area contributed by atoms with Gasteiger partial charge < -0.3 is 0 Å². The molecule has 6 heteroatoms. The zero-order valence-corrected chi connectivity index (χ0v) is 11.5. The Hall–Kier alpha value is -0.580. The third-order valence-corrected chi connectivity index (χ3v) is 6.32. The van der Waals surface area contributed by atoms with Crippen molar-refractivity contribution >= 4 is 38.8 Å². The average Bonchev–Trinajstić information content (AvgIpc) is 2.27. The van der Waals surface area contributed by atoms with Gasteiger partial charge in [0.05, 0.1) is 25.8 Å².